The zero-order valence-corrected chi connectivity index (χ0v) is 19.0. The van der Waals surface area contributed by atoms with Gasteiger partial charge in [-0.3, -0.25) is 20.2 Å². The van der Waals surface area contributed by atoms with Crippen LogP contribution in [0.5, 0.6) is 0 Å². The number of alkyl carbamates (subject to hydrolysis) is 1. The van der Waals surface area contributed by atoms with Gasteiger partial charge in [0.2, 0.25) is 5.91 Å². The van der Waals surface area contributed by atoms with Gasteiger partial charge in [-0.2, -0.15) is 5.26 Å². The molecule has 0 aromatic carbocycles. The summed E-state index contributed by atoms with van der Waals surface area (Å²) in [6.45, 7) is 6.46. The Morgan fingerprint density at radius 1 is 1.32 bits per heavy atom. The molecule has 3 aliphatic rings. The van der Waals surface area contributed by atoms with Crippen molar-refractivity contribution in [2.24, 2.45) is 11.8 Å². The summed E-state index contributed by atoms with van der Waals surface area (Å²) in [5.41, 5.74) is 0.229. The SMILES string of the molecule is CC(C)OC(=O)NC(=O)C1=CCSC1NC(=O)C1CNCC(C#N)CCC2CC2(C)N1. The highest BCUT2D eigenvalue weighted by Crippen LogP contribution is 2.47. The number of imide groups is 1. The molecule has 0 radical (unpaired) electrons. The fraction of sp³-hybridized carbons (Fsp3) is 0.714. The second kappa shape index (κ2) is 10.0. The van der Waals surface area contributed by atoms with Gasteiger partial charge in [0.25, 0.3) is 5.91 Å². The van der Waals surface area contributed by atoms with Crippen molar-refractivity contribution in [3.63, 3.8) is 0 Å². The minimum Gasteiger partial charge on any atom is -0.447 e. The van der Waals surface area contributed by atoms with E-state index in [0.717, 1.165) is 19.3 Å². The second-order valence-electron chi connectivity index (χ2n) is 8.87. The lowest BCUT2D eigenvalue weighted by Gasteiger charge is -2.27. The average molecular weight is 450 g/mol. The fourth-order valence-electron chi connectivity index (χ4n) is 4.07. The Bertz CT molecular complexity index is 795. The molecule has 0 spiro atoms. The highest BCUT2D eigenvalue weighted by atomic mass is 32.2. The van der Waals surface area contributed by atoms with Gasteiger partial charge >= 0.3 is 6.09 Å². The molecule has 10 heteroatoms. The van der Waals surface area contributed by atoms with Crippen LogP contribution in [0, 0.1) is 23.2 Å². The molecule has 2 aliphatic heterocycles. The van der Waals surface area contributed by atoms with Crippen molar-refractivity contribution in [3.05, 3.63) is 11.6 Å². The Morgan fingerprint density at radius 3 is 2.81 bits per heavy atom. The van der Waals surface area contributed by atoms with Crippen LogP contribution in [0.1, 0.15) is 40.0 Å². The first kappa shape index (κ1) is 23.6. The minimum absolute atomic E-state index is 0.0547. The maximum Gasteiger partial charge on any atom is 0.414 e. The molecule has 0 bridgehead atoms. The summed E-state index contributed by atoms with van der Waals surface area (Å²) in [6, 6.07) is 1.86. The summed E-state index contributed by atoms with van der Waals surface area (Å²) >= 11 is 1.41. The van der Waals surface area contributed by atoms with E-state index in [0.29, 0.717) is 30.3 Å². The van der Waals surface area contributed by atoms with Gasteiger partial charge in [0.15, 0.2) is 0 Å². The van der Waals surface area contributed by atoms with Crippen molar-refractivity contribution < 1.29 is 19.1 Å². The first-order valence-corrected chi connectivity index (χ1v) is 11.8. The van der Waals surface area contributed by atoms with Gasteiger partial charge < -0.3 is 15.4 Å². The molecule has 170 valence electrons. The van der Waals surface area contributed by atoms with E-state index >= 15 is 0 Å². The number of hydrogen-bond acceptors (Lipinski definition) is 8. The van der Waals surface area contributed by atoms with E-state index in [-0.39, 0.29) is 23.5 Å². The molecule has 1 saturated heterocycles. The van der Waals surface area contributed by atoms with Crippen LogP contribution in [0.15, 0.2) is 11.6 Å². The minimum atomic E-state index is -0.805. The summed E-state index contributed by atoms with van der Waals surface area (Å²) in [6.07, 6.45) is 3.38. The van der Waals surface area contributed by atoms with Crippen LogP contribution in [0.25, 0.3) is 0 Å². The van der Waals surface area contributed by atoms with Crippen LogP contribution in [0.3, 0.4) is 0 Å². The first-order valence-electron chi connectivity index (χ1n) is 10.7. The number of nitrogens with one attached hydrogen (secondary N) is 4. The predicted octanol–water partition coefficient (Wildman–Crippen LogP) is 1.02. The second-order valence-corrected chi connectivity index (χ2v) is 10.0. The summed E-state index contributed by atoms with van der Waals surface area (Å²) in [7, 11) is 0. The molecule has 0 aromatic heterocycles. The Morgan fingerprint density at radius 2 is 2.10 bits per heavy atom. The lowest BCUT2D eigenvalue weighted by atomic mass is 9.99. The van der Waals surface area contributed by atoms with E-state index in [2.05, 4.69) is 34.3 Å². The molecule has 2 heterocycles. The third kappa shape index (κ3) is 6.21. The van der Waals surface area contributed by atoms with Crippen LogP contribution in [0.2, 0.25) is 0 Å². The number of carbonyl (C=O) groups excluding carboxylic acids is 3. The highest BCUT2D eigenvalue weighted by molar-refractivity contribution is 8.00. The van der Waals surface area contributed by atoms with Crippen LogP contribution < -0.4 is 21.3 Å². The zero-order valence-electron chi connectivity index (χ0n) is 18.2. The molecule has 0 aromatic rings. The quantitative estimate of drug-likeness (QED) is 0.500. The monoisotopic (exact) mass is 449 g/mol. The summed E-state index contributed by atoms with van der Waals surface area (Å²) in [5.74, 6) is 0.194. The van der Waals surface area contributed by atoms with E-state index in [1.807, 2.05) is 0 Å². The average Bonchev–Trinajstić information content (AvgIpc) is 3.10. The number of amides is 3. The van der Waals surface area contributed by atoms with Crippen molar-refractivity contribution in [2.75, 3.05) is 18.8 Å². The maximum atomic E-state index is 13.1. The van der Waals surface area contributed by atoms with Gasteiger partial charge in [-0.25, -0.2) is 4.79 Å². The topological polar surface area (TPSA) is 132 Å². The van der Waals surface area contributed by atoms with Crippen molar-refractivity contribution in [2.45, 2.75) is 63.1 Å². The molecule has 9 nitrogen and oxygen atoms in total. The fourth-order valence-corrected chi connectivity index (χ4v) is 5.13. The zero-order chi connectivity index (χ0) is 22.6. The predicted molar refractivity (Wildman–Crippen MR) is 117 cm³/mol. The normalized spacial score (nSPS) is 32.8. The Balaban J connectivity index is 1.60. The van der Waals surface area contributed by atoms with Gasteiger partial charge in [0, 0.05) is 30.0 Å². The summed E-state index contributed by atoms with van der Waals surface area (Å²) in [5, 5.41) is 20.7. The third-order valence-electron chi connectivity index (χ3n) is 5.96. The number of rotatable bonds is 4. The maximum absolute atomic E-state index is 13.1. The van der Waals surface area contributed by atoms with E-state index in [1.54, 1.807) is 19.9 Å². The van der Waals surface area contributed by atoms with Crippen molar-refractivity contribution in [3.8, 4) is 6.07 Å². The van der Waals surface area contributed by atoms with Crippen molar-refractivity contribution in [1.29, 1.82) is 5.26 Å². The first-order chi connectivity index (χ1) is 14.7. The van der Waals surface area contributed by atoms with Crippen LogP contribution in [-0.2, 0) is 14.3 Å². The van der Waals surface area contributed by atoms with E-state index in [4.69, 9.17) is 4.74 Å². The highest BCUT2D eigenvalue weighted by Gasteiger charge is 2.51. The van der Waals surface area contributed by atoms with Gasteiger partial charge in [-0.15, -0.1) is 11.8 Å². The number of thioether (sulfide) groups is 1. The lowest BCUT2D eigenvalue weighted by molar-refractivity contribution is -0.123. The smallest absolute Gasteiger partial charge is 0.414 e. The molecule has 3 rings (SSSR count). The molecule has 31 heavy (non-hydrogen) atoms. The lowest BCUT2D eigenvalue weighted by Crippen LogP contribution is -2.56. The standard InChI is InChI=1S/C21H31N5O4S/c1-12(2)30-20(29)25-17(27)15-6-7-31-19(15)24-18(28)16-11-23-10-13(9-22)4-5-14-8-21(14,3)26-16/h6,12-14,16,19,23,26H,4-5,7-8,10-11H2,1-3H3,(H,24,28)(H,25,27,29). The van der Waals surface area contributed by atoms with Crippen molar-refractivity contribution in [1.82, 2.24) is 21.3 Å². The molecule has 3 amide bonds. The number of fused-ring (bicyclic) bond motifs is 1. The summed E-state index contributed by atoms with van der Waals surface area (Å²) < 4.78 is 4.95. The molecular formula is C21H31N5O4S. The molecule has 5 unspecified atom stereocenters. The molecule has 1 saturated carbocycles. The molecule has 1 aliphatic carbocycles. The molecule has 4 N–H and O–H groups in total. The third-order valence-corrected chi connectivity index (χ3v) is 7.02. The van der Waals surface area contributed by atoms with Gasteiger partial charge in [-0.1, -0.05) is 6.08 Å². The number of nitrogens with zero attached hydrogens (tertiary/aromatic N) is 1. The van der Waals surface area contributed by atoms with Gasteiger partial charge in [0.05, 0.1) is 24.1 Å². The van der Waals surface area contributed by atoms with E-state index < -0.39 is 23.4 Å². The van der Waals surface area contributed by atoms with Gasteiger partial charge in [0.1, 0.15) is 5.37 Å². The van der Waals surface area contributed by atoms with E-state index in [9.17, 15) is 19.6 Å². The molecule has 2 fully saturated rings. The Hall–Kier alpha value is -2.09. The molecule has 5 atom stereocenters. The molecular weight excluding hydrogens is 418 g/mol. The van der Waals surface area contributed by atoms with Crippen LogP contribution in [0.4, 0.5) is 4.79 Å². The van der Waals surface area contributed by atoms with Gasteiger partial charge in [-0.05, 0) is 46.0 Å². The number of nitriles is 1. The van der Waals surface area contributed by atoms with Crippen LogP contribution in [-0.4, -0.2) is 59.8 Å². The summed E-state index contributed by atoms with van der Waals surface area (Å²) in [4.78, 5) is 37.3. The van der Waals surface area contributed by atoms with E-state index in [1.165, 1.54) is 11.8 Å². The number of hydrogen-bond donors (Lipinski definition) is 4. The van der Waals surface area contributed by atoms with Crippen molar-refractivity contribution >= 4 is 29.7 Å². The Kier molecular flexibility index (Phi) is 7.62. The van der Waals surface area contributed by atoms with Crippen LogP contribution >= 0.6 is 11.8 Å². The largest absolute Gasteiger partial charge is 0.447 e. The number of ether oxygens (including phenoxy) is 1. The Labute approximate surface area is 187 Å². The number of carbonyl (C=O) groups is 3.